The van der Waals surface area contributed by atoms with Gasteiger partial charge in [0.05, 0.1) is 10.5 Å². The molecule has 2 unspecified atom stereocenters. The number of fused-ring (bicyclic) bond motifs is 4. The number of phenols is 1. The summed E-state index contributed by atoms with van der Waals surface area (Å²) in [5.41, 5.74) is 0.221. The Morgan fingerprint density at radius 3 is 2.95 bits per heavy atom. The van der Waals surface area contributed by atoms with Gasteiger partial charge in [-0.25, -0.2) is 4.79 Å². The van der Waals surface area contributed by atoms with Gasteiger partial charge in [0, 0.05) is 18.0 Å². The summed E-state index contributed by atoms with van der Waals surface area (Å²) in [5.74, 6) is 0.883. The minimum Gasteiger partial charge on any atom is -0.508 e. The second-order valence-corrected chi connectivity index (χ2v) is 6.78. The summed E-state index contributed by atoms with van der Waals surface area (Å²) in [5, 5.41) is 12.8. The highest BCUT2D eigenvalue weighted by atomic mass is 79.9. The first-order chi connectivity index (χ1) is 9.48. The minimum atomic E-state index is -0.610. The van der Waals surface area contributed by atoms with E-state index in [2.05, 4.69) is 21.2 Å². The van der Waals surface area contributed by atoms with Crippen molar-refractivity contribution in [2.45, 2.75) is 44.0 Å². The molecule has 4 rings (SSSR count). The fourth-order valence-corrected chi connectivity index (χ4v) is 3.86. The zero-order valence-electron chi connectivity index (χ0n) is 11.0. The summed E-state index contributed by atoms with van der Waals surface area (Å²) in [6, 6.07) is 3.38. The molecule has 106 valence electrons. The molecular weight excluding hydrogens is 324 g/mol. The molecule has 3 aliphatic rings. The van der Waals surface area contributed by atoms with E-state index in [1.807, 2.05) is 11.8 Å². The molecule has 1 saturated heterocycles. The Balaban J connectivity index is 1.83. The van der Waals surface area contributed by atoms with Crippen molar-refractivity contribution in [2.24, 2.45) is 0 Å². The third-order valence-corrected chi connectivity index (χ3v) is 4.86. The molecule has 0 aromatic heterocycles. The standard InChI is InChI=1S/C14H15BrN2O3/c1-14-6-11(16-13(19)17(14)7-2-3-7)9-4-8(18)5-10(15)12(9)20-14/h4-5,7,11,18H,2-3,6H2,1H3,(H,16,19). The van der Waals surface area contributed by atoms with Gasteiger partial charge in [0.25, 0.3) is 0 Å². The van der Waals surface area contributed by atoms with Gasteiger partial charge in [-0.05, 0) is 47.8 Å². The predicted octanol–water partition coefficient (Wildman–Crippen LogP) is 2.88. The molecule has 2 atom stereocenters. The lowest BCUT2D eigenvalue weighted by molar-refractivity contribution is -0.0883. The normalized spacial score (nSPS) is 31.4. The second-order valence-electron chi connectivity index (χ2n) is 5.93. The Morgan fingerprint density at radius 1 is 1.50 bits per heavy atom. The molecule has 2 amide bonds. The van der Waals surface area contributed by atoms with Crippen molar-refractivity contribution in [3.05, 3.63) is 22.2 Å². The number of rotatable bonds is 1. The van der Waals surface area contributed by atoms with Gasteiger partial charge in [0.15, 0.2) is 5.72 Å². The third-order valence-electron chi connectivity index (χ3n) is 4.28. The summed E-state index contributed by atoms with van der Waals surface area (Å²) >= 11 is 3.44. The van der Waals surface area contributed by atoms with Crippen LogP contribution < -0.4 is 10.1 Å². The fraction of sp³-hybridized carbons (Fsp3) is 0.500. The van der Waals surface area contributed by atoms with Gasteiger partial charge in [-0.1, -0.05) is 0 Å². The number of hydrogen-bond acceptors (Lipinski definition) is 3. The molecule has 20 heavy (non-hydrogen) atoms. The quantitative estimate of drug-likeness (QED) is 0.827. The van der Waals surface area contributed by atoms with Crippen LogP contribution in [0.4, 0.5) is 4.79 Å². The van der Waals surface area contributed by atoms with E-state index in [-0.39, 0.29) is 17.8 Å². The highest BCUT2D eigenvalue weighted by molar-refractivity contribution is 9.10. The number of aromatic hydroxyl groups is 1. The highest BCUT2D eigenvalue weighted by Gasteiger charge is 2.54. The molecule has 0 radical (unpaired) electrons. The first kappa shape index (κ1) is 12.3. The molecule has 2 heterocycles. The van der Waals surface area contributed by atoms with Crippen LogP contribution in [-0.4, -0.2) is 27.8 Å². The Morgan fingerprint density at radius 2 is 2.25 bits per heavy atom. The van der Waals surface area contributed by atoms with Crippen LogP contribution in [0.3, 0.4) is 0 Å². The van der Waals surface area contributed by atoms with Gasteiger partial charge in [0.1, 0.15) is 11.5 Å². The van der Waals surface area contributed by atoms with Gasteiger partial charge in [-0.3, -0.25) is 4.90 Å². The van der Waals surface area contributed by atoms with Crippen molar-refractivity contribution in [3.8, 4) is 11.5 Å². The van der Waals surface area contributed by atoms with Crippen LogP contribution in [0.2, 0.25) is 0 Å². The van der Waals surface area contributed by atoms with Gasteiger partial charge in [-0.15, -0.1) is 0 Å². The number of urea groups is 1. The van der Waals surface area contributed by atoms with Crippen molar-refractivity contribution in [2.75, 3.05) is 0 Å². The zero-order valence-corrected chi connectivity index (χ0v) is 12.6. The molecule has 5 nitrogen and oxygen atoms in total. The summed E-state index contributed by atoms with van der Waals surface area (Å²) in [7, 11) is 0. The number of hydrogen-bond donors (Lipinski definition) is 2. The molecular formula is C14H15BrN2O3. The van der Waals surface area contributed by atoms with E-state index in [0.29, 0.717) is 18.2 Å². The first-order valence-corrected chi connectivity index (χ1v) is 7.58. The summed E-state index contributed by atoms with van der Waals surface area (Å²) in [4.78, 5) is 14.2. The largest absolute Gasteiger partial charge is 0.508 e. The number of halogens is 1. The summed E-state index contributed by atoms with van der Waals surface area (Å²) < 4.78 is 6.89. The SMILES string of the molecule is CC12CC(NC(=O)N1C1CC1)c1cc(O)cc(Br)c1O2. The van der Waals surface area contributed by atoms with Crippen LogP contribution in [0.5, 0.6) is 11.5 Å². The van der Waals surface area contributed by atoms with E-state index in [1.54, 1.807) is 12.1 Å². The average molecular weight is 339 g/mol. The van der Waals surface area contributed by atoms with Gasteiger partial charge in [-0.2, -0.15) is 0 Å². The molecule has 1 aromatic rings. The Bertz CT molecular complexity index is 617. The van der Waals surface area contributed by atoms with Crippen molar-refractivity contribution >= 4 is 22.0 Å². The number of benzene rings is 1. The van der Waals surface area contributed by atoms with Crippen LogP contribution in [0, 0.1) is 0 Å². The number of amides is 2. The highest BCUT2D eigenvalue weighted by Crippen LogP contribution is 2.50. The zero-order chi connectivity index (χ0) is 14.1. The minimum absolute atomic E-state index is 0.0728. The average Bonchev–Trinajstić information content (AvgIpc) is 3.14. The number of carbonyl (C=O) groups excluding carboxylic acids is 1. The number of nitrogens with one attached hydrogen (secondary N) is 1. The van der Waals surface area contributed by atoms with Crippen LogP contribution >= 0.6 is 15.9 Å². The summed E-state index contributed by atoms with van der Waals surface area (Å²) in [6.45, 7) is 1.97. The first-order valence-electron chi connectivity index (χ1n) is 6.79. The van der Waals surface area contributed by atoms with E-state index in [4.69, 9.17) is 4.74 Å². The number of phenolic OH excluding ortho intramolecular Hbond substituents is 1. The molecule has 6 heteroatoms. The predicted molar refractivity (Wildman–Crippen MR) is 75.6 cm³/mol. The third kappa shape index (κ3) is 1.63. The smallest absolute Gasteiger partial charge is 0.321 e. The van der Waals surface area contributed by atoms with E-state index in [1.165, 1.54) is 0 Å². The van der Waals surface area contributed by atoms with E-state index in [9.17, 15) is 9.90 Å². The second kappa shape index (κ2) is 3.81. The number of ether oxygens (including phenoxy) is 1. The number of carbonyl (C=O) groups is 1. The van der Waals surface area contributed by atoms with Gasteiger partial charge >= 0.3 is 6.03 Å². The van der Waals surface area contributed by atoms with Crippen LogP contribution in [0.1, 0.15) is 37.8 Å². The lowest BCUT2D eigenvalue weighted by atomic mass is 9.90. The fourth-order valence-electron chi connectivity index (χ4n) is 3.31. The van der Waals surface area contributed by atoms with Crippen molar-refractivity contribution in [3.63, 3.8) is 0 Å². The van der Waals surface area contributed by atoms with E-state index in [0.717, 1.165) is 22.9 Å². The molecule has 2 fully saturated rings. The van der Waals surface area contributed by atoms with Crippen molar-refractivity contribution in [1.82, 2.24) is 10.2 Å². The van der Waals surface area contributed by atoms with Gasteiger partial charge < -0.3 is 15.2 Å². The van der Waals surface area contributed by atoms with E-state index >= 15 is 0 Å². The van der Waals surface area contributed by atoms with Crippen LogP contribution in [-0.2, 0) is 0 Å². The maximum absolute atomic E-state index is 12.3. The van der Waals surface area contributed by atoms with Gasteiger partial charge in [0.2, 0.25) is 0 Å². The van der Waals surface area contributed by atoms with Crippen molar-refractivity contribution < 1.29 is 14.6 Å². The lowest BCUT2D eigenvalue weighted by Crippen LogP contribution is -2.65. The number of nitrogens with zero attached hydrogens (tertiary/aromatic N) is 1. The van der Waals surface area contributed by atoms with Crippen molar-refractivity contribution in [1.29, 1.82) is 0 Å². The molecule has 1 aromatic carbocycles. The van der Waals surface area contributed by atoms with Crippen LogP contribution in [0.25, 0.3) is 0 Å². The Kier molecular flexibility index (Phi) is 2.35. The lowest BCUT2D eigenvalue weighted by Gasteiger charge is -2.51. The Hall–Kier alpha value is -1.43. The maximum atomic E-state index is 12.3. The molecule has 1 aliphatic carbocycles. The van der Waals surface area contributed by atoms with Crippen LogP contribution in [0.15, 0.2) is 16.6 Å². The molecule has 2 bridgehead atoms. The molecule has 2 N–H and O–H groups in total. The molecule has 2 aliphatic heterocycles. The van der Waals surface area contributed by atoms with E-state index < -0.39 is 5.72 Å². The Labute approximate surface area is 125 Å². The maximum Gasteiger partial charge on any atom is 0.321 e. The molecule has 1 saturated carbocycles. The summed E-state index contributed by atoms with van der Waals surface area (Å²) in [6.07, 6.45) is 2.78. The topological polar surface area (TPSA) is 61.8 Å². The monoisotopic (exact) mass is 338 g/mol. The molecule has 0 spiro atoms.